The van der Waals surface area contributed by atoms with E-state index in [2.05, 4.69) is 19.9 Å². The topological polar surface area (TPSA) is 44.1 Å². The van der Waals surface area contributed by atoms with Crippen LogP contribution in [0.1, 0.15) is 46.0 Å². The van der Waals surface area contributed by atoms with Crippen molar-refractivity contribution in [3.8, 4) is 6.07 Å². The van der Waals surface area contributed by atoms with Crippen LogP contribution in [-0.2, 0) is 4.79 Å². The highest BCUT2D eigenvalue weighted by atomic mass is 32.2. The Morgan fingerprint density at radius 3 is 2.50 bits per heavy atom. The Morgan fingerprint density at radius 1 is 1.28 bits per heavy atom. The molecule has 2 fully saturated rings. The molecule has 0 N–H and O–H groups in total. The van der Waals surface area contributed by atoms with Crippen LogP contribution in [0.3, 0.4) is 0 Å². The zero-order valence-corrected chi connectivity index (χ0v) is 12.2. The number of thioether (sulfide) groups is 1. The molecule has 1 aliphatic carbocycles. The van der Waals surface area contributed by atoms with E-state index in [0.29, 0.717) is 0 Å². The zero-order chi connectivity index (χ0) is 13.2. The molecule has 0 bridgehead atoms. The molecule has 4 heteroatoms. The van der Waals surface area contributed by atoms with Crippen LogP contribution in [0, 0.1) is 16.7 Å². The minimum absolute atomic E-state index is 0.0954. The van der Waals surface area contributed by atoms with Gasteiger partial charge < -0.3 is 4.90 Å². The first kappa shape index (κ1) is 13.7. The Hall–Kier alpha value is -0.690. The summed E-state index contributed by atoms with van der Waals surface area (Å²) >= 11 is 1.92. The van der Waals surface area contributed by atoms with E-state index < -0.39 is 5.41 Å². The second kappa shape index (κ2) is 5.13. The Balaban J connectivity index is 2.12. The molecule has 0 aromatic carbocycles. The molecule has 1 heterocycles. The summed E-state index contributed by atoms with van der Waals surface area (Å²) in [5.74, 6) is 1.08. The SMILES string of the molecule is CC1(C)CN(C(=O)C2(C#N)CCCCC2)CCS1. The van der Waals surface area contributed by atoms with E-state index in [1.165, 1.54) is 0 Å². The number of carbonyl (C=O) groups excluding carboxylic acids is 1. The van der Waals surface area contributed by atoms with E-state index in [1.54, 1.807) is 0 Å². The summed E-state index contributed by atoms with van der Waals surface area (Å²) in [6.07, 6.45) is 4.72. The van der Waals surface area contributed by atoms with Crippen molar-refractivity contribution in [1.82, 2.24) is 4.90 Å². The number of nitrogens with zero attached hydrogens (tertiary/aromatic N) is 2. The Bertz CT molecular complexity index is 366. The number of nitriles is 1. The van der Waals surface area contributed by atoms with Gasteiger partial charge in [-0.25, -0.2) is 0 Å². The lowest BCUT2D eigenvalue weighted by Crippen LogP contribution is -2.52. The maximum absolute atomic E-state index is 12.7. The number of amides is 1. The van der Waals surface area contributed by atoms with Gasteiger partial charge in [0.2, 0.25) is 5.91 Å². The van der Waals surface area contributed by atoms with E-state index in [9.17, 15) is 10.1 Å². The van der Waals surface area contributed by atoms with Gasteiger partial charge in [0, 0.05) is 23.6 Å². The summed E-state index contributed by atoms with van der Waals surface area (Å²) in [5, 5.41) is 9.47. The molecule has 3 nitrogen and oxygen atoms in total. The van der Waals surface area contributed by atoms with E-state index >= 15 is 0 Å². The van der Waals surface area contributed by atoms with Gasteiger partial charge >= 0.3 is 0 Å². The second-order valence-electron chi connectivity index (χ2n) is 6.09. The summed E-state index contributed by atoms with van der Waals surface area (Å²) in [6, 6.07) is 2.34. The highest BCUT2D eigenvalue weighted by molar-refractivity contribution is 8.00. The summed E-state index contributed by atoms with van der Waals surface area (Å²) in [4.78, 5) is 14.6. The van der Waals surface area contributed by atoms with Crippen molar-refractivity contribution < 1.29 is 4.79 Å². The number of carbonyl (C=O) groups is 1. The van der Waals surface area contributed by atoms with Gasteiger partial charge in [-0.2, -0.15) is 17.0 Å². The summed E-state index contributed by atoms with van der Waals surface area (Å²) < 4.78 is 0.124. The molecule has 1 aliphatic heterocycles. The van der Waals surface area contributed by atoms with Gasteiger partial charge in [-0.05, 0) is 26.7 Å². The highest BCUT2D eigenvalue weighted by Gasteiger charge is 2.44. The summed E-state index contributed by atoms with van der Waals surface area (Å²) in [7, 11) is 0. The molecule has 2 aliphatic rings. The second-order valence-corrected chi connectivity index (χ2v) is 7.89. The number of rotatable bonds is 1. The van der Waals surface area contributed by atoms with E-state index in [0.717, 1.165) is 50.9 Å². The fourth-order valence-corrected chi connectivity index (χ4v) is 4.13. The molecule has 0 spiro atoms. The van der Waals surface area contributed by atoms with Crippen molar-refractivity contribution in [1.29, 1.82) is 5.26 Å². The van der Waals surface area contributed by atoms with Gasteiger partial charge in [-0.3, -0.25) is 4.79 Å². The van der Waals surface area contributed by atoms with Crippen LogP contribution in [0.25, 0.3) is 0 Å². The molecule has 0 aromatic rings. The molecule has 100 valence electrons. The van der Waals surface area contributed by atoms with Gasteiger partial charge in [-0.1, -0.05) is 19.3 Å². The van der Waals surface area contributed by atoms with Crippen molar-refractivity contribution in [2.24, 2.45) is 5.41 Å². The average Bonchev–Trinajstić information content (AvgIpc) is 2.37. The Kier molecular flexibility index (Phi) is 3.91. The van der Waals surface area contributed by atoms with Crippen LogP contribution in [0.2, 0.25) is 0 Å². The van der Waals surface area contributed by atoms with E-state index in [4.69, 9.17) is 0 Å². The van der Waals surface area contributed by atoms with Crippen molar-refractivity contribution in [3.63, 3.8) is 0 Å². The largest absolute Gasteiger partial charge is 0.339 e. The zero-order valence-electron chi connectivity index (χ0n) is 11.4. The van der Waals surface area contributed by atoms with Crippen molar-refractivity contribution >= 4 is 17.7 Å². The maximum atomic E-state index is 12.7. The van der Waals surface area contributed by atoms with Gasteiger partial charge in [0.05, 0.1) is 6.07 Å². The molecule has 2 rings (SSSR count). The monoisotopic (exact) mass is 266 g/mol. The third kappa shape index (κ3) is 2.66. The van der Waals surface area contributed by atoms with Gasteiger partial charge in [0.25, 0.3) is 0 Å². The molecule has 18 heavy (non-hydrogen) atoms. The first-order chi connectivity index (χ1) is 8.49. The lowest BCUT2D eigenvalue weighted by molar-refractivity contribution is -0.140. The van der Waals surface area contributed by atoms with Crippen LogP contribution in [-0.4, -0.2) is 34.4 Å². The molecule has 1 saturated carbocycles. The average molecular weight is 266 g/mol. The lowest BCUT2D eigenvalue weighted by Gasteiger charge is -2.41. The predicted molar refractivity (Wildman–Crippen MR) is 74.2 cm³/mol. The molecular formula is C14H22N2OS. The van der Waals surface area contributed by atoms with Crippen LogP contribution in [0.4, 0.5) is 0 Å². The van der Waals surface area contributed by atoms with Crippen molar-refractivity contribution in [3.05, 3.63) is 0 Å². The molecular weight excluding hydrogens is 244 g/mol. The first-order valence-corrected chi connectivity index (χ1v) is 7.82. The Morgan fingerprint density at radius 2 is 1.94 bits per heavy atom. The van der Waals surface area contributed by atoms with Crippen LogP contribution < -0.4 is 0 Å². The fraction of sp³-hybridized carbons (Fsp3) is 0.857. The highest BCUT2D eigenvalue weighted by Crippen LogP contribution is 2.39. The molecule has 1 amide bonds. The van der Waals surface area contributed by atoms with Gasteiger partial charge in [0.15, 0.2) is 0 Å². The van der Waals surface area contributed by atoms with Crippen molar-refractivity contribution in [2.45, 2.75) is 50.7 Å². The van der Waals surface area contributed by atoms with Crippen LogP contribution in [0.5, 0.6) is 0 Å². The normalized spacial score (nSPS) is 26.4. The third-order valence-electron chi connectivity index (χ3n) is 4.04. The lowest BCUT2D eigenvalue weighted by atomic mass is 9.74. The van der Waals surface area contributed by atoms with Crippen molar-refractivity contribution in [2.75, 3.05) is 18.8 Å². The Labute approximate surface area is 114 Å². The first-order valence-electron chi connectivity index (χ1n) is 6.84. The predicted octanol–water partition coefficient (Wildman–Crippen LogP) is 2.81. The van der Waals surface area contributed by atoms with Gasteiger partial charge in [-0.15, -0.1) is 0 Å². The molecule has 1 saturated heterocycles. The summed E-state index contributed by atoms with van der Waals surface area (Å²) in [5.41, 5.74) is -0.712. The molecule has 0 atom stereocenters. The summed E-state index contributed by atoms with van der Waals surface area (Å²) in [6.45, 7) is 5.93. The molecule has 0 aromatic heterocycles. The van der Waals surface area contributed by atoms with Crippen LogP contribution >= 0.6 is 11.8 Å². The standard InChI is InChI=1S/C14H22N2OS/c1-13(2)11-16(8-9-18-13)12(17)14(10-15)6-4-3-5-7-14/h3-9,11H2,1-2H3. The molecule has 0 unspecified atom stereocenters. The third-order valence-corrected chi connectivity index (χ3v) is 5.34. The number of hydrogen-bond donors (Lipinski definition) is 0. The van der Waals surface area contributed by atoms with E-state index in [-0.39, 0.29) is 10.7 Å². The molecule has 0 radical (unpaired) electrons. The van der Waals surface area contributed by atoms with Gasteiger partial charge in [0.1, 0.15) is 5.41 Å². The minimum atomic E-state index is -0.712. The minimum Gasteiger partial charge on any atom is -0.339 e. The van der Waals surface area contributed by atoms with E-state index in [1.807, 2.05) is 16.7 Å². The van der Waals surface area contributed by atoms with Crippen LogP contribution in [0.15, 0.2) is 0 Å². The number of hydrogen-bond acceptors (Lipinski definition) is 3. The maximum Gasteiger partial charge on any atom is 0.243 e. The fourth-order valence-electron chi connectivity index (χ4n) is 3.02. The smallest absolute Gasteiger partial charge is 0.243 e. The quantitative estimate of drug-likeness (QED) is 0.733.